The minimum absolute atomic E-state index is 0.0432. The molecule has 0 amide bonds. The second kappa shape index (κ2) is 6.37. The summed E-state index contributed by atoms with van der Waals surface area (Å²) in [7, 11) is 0. The van der Waals surface area contributed by atoms with Crippen LogP contribution < -0.4 is 5.56 Å². The molecule has 0 saturated heterocycles. The first-order valence-electron chi connectivity index (χ1n) is 8.05. The number of nitrogens with zero attached hydrogens (tertiary/aromatic N) is 2. The normalized spacial score (nSPS) is 11.5. The van der Waals surface area contributed by atoms with Gasteiger partial charge in [-0.1, -0.05) is 17.8 Å². The molecule has 0 aliphatic carbocycles. The number of aromatic amines is 2. The first kappa shape index (κ1) is 17.0. The Kier molecular flexibility index (Phi) is 4.16. The lowest BCUT2D eigenvalue weighted by atomic mass is 10.2. The van der Waals surface area contributed by atoms with Crippen LogP contribution in [0.15, 0.2) is 28.2 Å². The molecule has 0 aliphatic rings. The molecule has 6 nitrogen and oxygen atoms in total. The maximum Gasteiger partial charge on any atom is 0.259 e. The molecule has 4 rings (SSSR count). The van der Waals surface area contributed by atoms with E-state index in [0.717, 1.165) is 16.2 Å². The van der Waals surface area contributed by atoms with Gasteiger partial charge in [-0.05, 0) is 44.0 Å². The number of carbonyl (C=O) groups excluding carboxylic acids is 1. The molecular weight excluding hydrogens is 368 g/mol. The number of rotatable bonds is 4. The van der Waals surface area contributed by atoms with Crippen molar-refractivity contribution < 1.29 is 4.79 Å². The minimum atomic E-state index is -0.202. The molecule has 3 aromatic heterocycles. The fourth-order valence-electron chi connectivity index (χ4n) is 2.90. The Morgan fingerprint density at radius 1 is 1.23 bits per heavy atom. The van der Waals surface area contributed by atoms with Crippen LogP contribution in [0.3, 0.4) is 0 Å². The Labute approximate surface area is 157 Å². The van der Waals surface area contributed by atoms with Crippen LogP contribution in [0.4, 0.5) is 0 Å². The summed E-state index contributed by atoms with van der Waals surface area (Å²) in [4.78, 5) is 40.5. The number of imidazole rings is 1. The Morgan fingerprint density at radius 2 is 2.04 bits per heavy atom. The number of fused-ring (bicyclic) bond motifs is 2. The van der Waals surface area contributed by atoms with Crippen LogP contribution in [0.1, 0.15) is 33.5 Å². The van der Waals surface area contributed by atoms with Gasteiger partial charge in [0.2, 0.25) is 0 Å². The lowest BCUT2D eigenvalue weighted by molar-refractivity contribution is 0.102. The second-order valence-electron chi connectivity index (χ2n) is 6.16. The van der Waals surface area contributed by atoms with E-state index in [4.69, 9.17) is 0 Å². The third-order valence-corrected chi connectivity index (χ3v) is 6.30. The molecule has 0 radical (unpaired) electrons. The van der Waals surface area contributed by atoms with Crippen LogP contribution in [0.5, 0.6) is 0 Å². The first-order chi connectivity index (χ1) is 12.4. The van der Waals surface area contributed by atoms with Crippen molar-refractivity contribution in [1.82, 2.24) is 19.9 Å². The summed E-state index contributed by atoms with van der Waals surface area (Å²) < 4.78 is 0. The van der Waals surface area contributed by atoms with Gasteiger partial charge in [-0.15, -0.1) is 11.3 Å². The molecule has 0 unspecified atom stereocenters. The van der Waals surface area contributed by atoms with Crippen molar-refractivity contribution in [3.05, 3.63) is 50.4 Å². The molecule has 132 valence electrons. The topological polar surface area (TPSA) is 91.5 Å². The number of thioether (sulfide) groups is 1. The van der Waals surface area contributed by atoms with Gasteiger partial charge >= 0.3 is 0 Å². The van der Waals surface area contributed by atoms with E-state index in [-0.39, 0.29) is 11.3 Å². The molecule has 0 atom stereocenters. The van der Waals surface area contributed by atoms with Crippen molar-refractivity contribution in [2.75, 3.05) is 0 Å². The van der Waals surface area contributed by atoms with Crippen LogP contribution in [-0.4, -0.2) is 25.7 Å². The quantitative estimate of drug-likeness (QED) is 0.410. The summed E-state index contributed by atoms with van der Waals surface area (Å²) in [6.07, 6.45) is 0. The molecule has 1 aromatic carbocycles. The highest BCUT2D eigenvalue weighted by molar-refractivity contribution is 7.98. The molecule has 0 aliphatic heterocycles. The van der Waals surface area contributed by atoms with E-state index in [0.29, 0.717) is 32.2 Å². The molecule has 0 fully saturated rings. The van der Waals surface area contributed by atoms with Gasteiger partial charge in [0.1, 0.15) is 10.7 Å². The van der Waals surface area contributed by atoms with Crippen molar-refractivity contribution in [1.29, 1.82) is 0 Å². The maximum absolute atomic E-state index is 12.4. The number of Topliss-reactive ketones (excluding diaryl/α,β-unsaturated/α-hetero) is 1. The van der Waals surface area contributed by atoms with Crippen molar-refractivity contribution in [3.63, 3.8) is 0 Å². The molecule has 2 N–H and O–H groups in total. The van der Waals surface area contributed by atoms with E-state index in [1.54, 1.807) is 6.92 Å². The van der Waals surface area contributed by atoms with E-state index in [2.05, 4.69) is 26.0 Å². The van der Waals surface area contributed by atoms with Gasteiger partial charge in [-0.25, -0.2) is 9.97 Å². The SMILES string of the molecule is CC(=O)c1sc2nc(CSc3nc4ccc(C)cc4[nH]3)[nH]c(=O)c2c1C. The third kappa shape index (κ3) is 2.95. The monoisotopic (exact) mass is 384 g/mol. The van der Waals surface area contributed by atoms with Gasteiger partial charge in [0.05, 0.1) is 27.0 Å². The summed E-state index contributed by atoms with van der Waals surface area (Å²) in [6, 6.07) is 6.06. The van der Waals surface area contributed by atoms with Crippen molar-refractivity contribution in [3.8, 4) is 0 Å². The van der Waals surface area contributed by atoms with Crippen LogP contribution in [0, 0.1) is 13.8 Å². The predicted molar refractivity (Wildman–Crippen MR) is 105 cm³/mol. The lowest BCUT2D eigenvalue weighted by Gasteiger charge is -1.99. The molecule has 4 aromatic rings. The number of thiophene rings is 1. The molecular formula is C18H16N4O2S2. The van der Waals surface area contributed by atoms with Gasteiger partial charge in [0, 0.05) is 0 Å². The van der Waals surface area contributed by atoms with Crippen molar-refractivity contribution in [2.45, 2.75) is 31.7 Å². The summed E-state index contributed by atoms with van der Waals surface area (Å²) in [5.41, 5.74) is 3.58. The van der Waals surface area contributed by atoms with Crippen molar-refractivity contribution in [2.24, 2.45) is 0 Å². The largest absolute Gasteiger partial charge is 0.333 e. The number of nitrogens with one attached hydrogen (secondary N) is 2. The molecule has 0 saturated carbocycles. The Balaban J connectivity index is 1.64. The number of hydrogen-bond donors (Lipinski definition) is 2. The average Bonchev–Trinajstić information content (AvgIpc) is 3.13. The zero-order valence-electron chi connectivity index (χ0n) is 14.5. The fourth-order valence-corrected chi connectivity index (χ4v) is 4.75. The zero-order chi connectivity index (χ0) is 18.4. The van der Waals surface area contributed by atoms with Crippen LogP contribution >= 0.6 is 23.1 Å². The Bertz CT molecular complexity index is 1220. The van der Waals surface area contributed by atoms with Crippen molar-refractivity contribution >= 4 is 50.1 Å². The Morgan fingerprint density at radius 3 is 2.81 bits per heavy atom. The van der Waals surface area contributed by atoms with Gasteiger partial charge in [0.15, 0.2) is 10.9 Å². The summed E-state index contributed by atoms with van der Waals surface area (Å²) in [5.74, 6) is 1.01. The first-order valence-corrected chi connectivity index (χ1v) is 9.85. The summed E-state index contributed by atoms with van der Waals surface area (Å²) in [5, 5.41) is 1.29. The van der Waals surface area contributed by atoms with Crippen LogP contribution in [0.2, 0.25) is 0 Å². The van der Waals surface area contributed by atoms with Gasteiger partial charge in [0.25, 0.3) is 5.56 Å². The standard InChI is InChI=1S/C18H16N4O2S2/c1-8-4-5-11-12(6-8)20-18(19-11)25-7-13-21-16(24)14-9(2)15(10(3)23)26-17(14)22-13/h4-6H,7H2,1-3H3,(H,19,20)(H,21,22,24). The number of aryl methyl sites for hydroxylation is 2. The van der Waals surface area contributed by atoms with E-state index >= 15 is 0 Å². The minimum Gasteiger partial charge on any atom is -0.333 e. The zero-order valence-corrected chi connectivity index (χ0v) is 16.1. The number of aromatic nitrogens is 4. The van der Waals surface area contributed by atoms with E-state index in [1.165, 1.54) is 35.6 Å². The molecule has 0 spiro atoms. The average molecular weight is 384 g/mol. The highest BCUT2D eigenvalue weighted by Crippen LogP contribution is 2.28. The predicted octanol–water partition coefficient (Wildman–Crippen LogP) is 3.97. The van der Waals surface area contributed by atoms with Gasteiger partial charge in [-0.2, -0.15) is 0 Å². The second-order valence-corrected chi connectivity index (χ2v) is 8.12. The molecule has 3 heterocycles. The number of carbonyl (C=O) groups is 1. The number of hydrogen-bond acceptors (Lipinski definition) is 6. The smallest absolute Gasteiger partial charge is 0.259 e. The molecule has 8 heteroatoms. The number of ketones is 1. The van der Waals surface area contributed by atoms with E-state index in [1.807, 2.05) is 19.1 Å². The maximum atomic E-state index is 12.4. The lowest BCUT2D eigenvalue weighted by Crippen LogP contribution is -2.11. The van der Waals surface area contributed by atoms with Crippen LogP contribution in [0.25, 0.3) is 21.3 Å². The van der Waals surface area contributed by atoms with Gasteiger partial charge < -0.3 is 9.97 Å². The highest BCUT2D eigenvalue weighted by Gasteiger charge is 2.17. The number of H-pyrrole nitrogens is 2. The van der Waals surface area contributed by atoms with E-state index in [9.17, 15) is 9.59 Å². The summed E-state index contributed by atoms with van der Waals surface area (Å²) in [6.45, 7) is 5.33. The number of benzene rings is 1. The van der Waals surface area contributed by atoms with Gasteiger partial charge in [-0.3, -0.25) is 9.59 Å². The Hall–Kier alpha value is -2.45. The summed E-state index contributed by atoms with van der Waals surface area (Å²) >= 11 is 2.75. The molecule has 0 bridgehead atoms. The van der Waals surface area contributed by atoms with E-state index < -0.39 is 0 Å². The molecule has 26 heavy (non-hydrogen) atoms. The third-order valence-electron chi connectivity index (χ3n) is 4.13. The fraction of sp³-hybridized carbons (Fsp3) is 0.222. The van der Waals surface area contributed by atoms with Crippen LogP contribution in [-0.2, 0) is 5.75 Å². The highest BCUT2D eigenvalue weighted by atomic mass is 32.2.